The molecule has 0 radical (unpaired) electrons. The van der Waals surface area contributed by atoms with Crippen molar-refractivity contribution in [1.29, 1.82) is 0 Å². The number of hydrogen-bond acceptors (Lipinski definition) is 8. The molecule has 4 unspecified atom stereocenters. The number of aromatic nitrogens is 2. The fourth-order valence-electron chi connectivity index (χ4n) is 8.10. The van der Waals surface area contributed by atoms with Gasteiger partial charge in [0.05, 0.1) is 6.61 Å². The van der Waals surface area contributed by atoms with E-state index in [-0.39, 0.29) is 23.7 Å². The normalized spacial score (nSPS) is 24.9. The van der Waals surface area contributed by atoms with Gasteiger partial charge < -0.3 is 20.1 Å². The van der Waals surface area contributed by atoms with E-state index in [9.17, 15) is 5.11 Å². The molecule has 250 valence electrons. The molecule has 2 N–H and O–H groups in total. The molecule has 0 aliphatic carbocycles. The lowest BCUT2D eigenvalue weighted by Crippen LogP contribution is -2.55. The predicted molar refractivity (Wildman–Crippen MR) is 187 cm³/mol. The molecule has 4 atom stereocenters. The Morgan fingerprint density at radius 2 is 1.83 bits per heavy atom. The number of benzene rings is 2. The van der Waals surface area contributed by atoms with E-state index in [2.05, 4.69) is 45.4 Å². The van der Waals surface area contributed by atoms with Crippen molar-refractivity contribution in [2.24, 2.45) is 0 Å². The van der Waals surface area contributed by atoms with Gasteiger partial charge in [-0.05, 0) is 75.3 Å². The van der Waals surface area contributed by atoms with Crippen LogP contribution in [0.15, 0.2) is 48.7 Å². The van der Waals surface area contributed by atoms with Crippen molar-refractivity contribution in [3.8, 4) is 6.01 Å². The summed E-state index contributed by atoms with van der Waals surface area (Å²) in [5.41, 5.74) is 2.17. The van der Waals surface area contributed by atoms with Gasteiger partial charge in [-0.25, -0.2) is 4.39 Å². The molecule has 4 bridgehead atoms. The van der Waals surface area contributed by atoms with Crippen molar-refractivity contribution in [1.82, 2.24) is 25.1 Å². The number of rotatable bonds is 11. The third-order valence-corrected chi connectivity index (χ3v) is 10.9. The summed E-state index contributed by atoms with van der Waals surface area (Å²) in [6, 6.07) is 12.1. The molecule has 7 rings (SSSR count). The first kappa shape index (κ1) is 32.3. The number of piperazine rings is 2. The topological polar surface area (TPSA) is 77.0 Å². The monoisotopic (exact) mass is 660 g/mol. The smallest absolute Gasteiger partial charge is 0.319 e. The number of halogens is 2. The third kappa shape index (κ3) is 6.73. The summed E-state index contributed by atoms with van der Waals surface area (Å²) in [6.07, 6.45) is 8.86. The van der Waals surface area contributed by atoms with Crippen LogP contribution in [0.25, 0.3) is 17.0 Å². The molecule has 0 spiro atoms. The van der Waals surface area contributed by atoms with Crippen LogP contribution in [0.2, 0.25) is 5.02 Å². The molecule has 4 saturated heterocycles. The van der Waals surface area contributed by atoms with Crippen molar-refractivity contribution >= 4 is 34.4 Å². The first-order chi connectivity index (χ1) is 22.8. The number of allylic oxidation sites excluding steroid dienone is 1. The Morgan fingerprint density at radius 3 is 2.53 bits per heavy atom. The number of likely N-dealkylation sites (tertiary alicyclic amines) is 1. The van der Waals surface area contributed by atoms with Gasteiger partial charge in [0.15, 0.2) is 5.82 Å². The molecule has 47 heavy (non-hydrogen) atoms. The number of hydrogen-bond donors (Lipinski definition) is 2. The van der Waals surface area contributed by atoms with Gasteiger partial charge in [0.2, 0.25) is 0 Å². The number of nitrogens with one attached hydrogen (secondary N) is 1. The lowest BCUT2D eigenvalue weighted by molar-refractivity contribution is 0.0460. The van der Waals surface area contributed by atoms with Gasteiger partial charge in [-0.2, -0.15) is 9.97 Å². The van der Waals surface area contributed by atoms with E-state index in [0.29, 0.717) is 58.6 Å². The molecular weight excluding hydrogens is 615 g/mol. The maximum atomic E-state index is 16.6. The van der Waals surface area contributed by atoms with Crippen LogP contribution in [-0.2, 0) is 6.42 Å². The molecule has 4 aliphatic heterocycles. The summed E-state index contributed by atoms with van der Waals surface area (Å²) in [4.78, 5) is 17.1. The van der Waals surface area contributed by atoms with Gasteiger partial charge in [-0.15, -0.1) is 0 Å². The highest BCUT2D eigenvalue weighted by molar-refractivity contribution is 6.32. The van der Waals surface area contributed by atoms with Crippen LogP contribution < -0.4 is 15.0 Å². The molecular formula is C37H46ClFN6O2. The highest BCUT2D eigenvalue weighted by Gasteiger charge is 2.40. The fraction of sp³-hybridized carbons (Fsp3) is 0.514. The summed E-state index contributed by atoms with van der Waals surface area (Å²) < 4.78 is 22.9. The molecule has 1 aromatic heterocycles. The Morgan fingerprint density at radius 1 is 1.11 bits per heavy atom. The largest absolute Gasteiger partial charge is 0.508 e. The zero-order chi connectivity index (χ0) is 32.7. The van der Waals surface area contributed by atoms with E-state index >= 15 is 4.39 Å². The van der Waals surface area contributed by atoms with Crippen LogP contribution in [0.5, 0.6) is 6.01 Å². The number of anilines is 1. The van der Waals surface area contributed by atoms with Gasteiger partial charge in [0.1, 0.15) is 17.1 Å². The Kier molecular flexibility index (Phi) is 9.42. The fourth-order valence-corrected chi connectivity index (χ4v) is 8.36. The van der Waals surface area contributed by atoms with E-state index < -0.39 is 5.82 Å². The quantitative estimate of drug-likeness (QED) is 0.140. The molecule has 0 amide bonds. The van der Waals surface area contributed by atoms with E-state index in [1.165, 1.54) is 18.9 Å². The SMILES string of the molecule is C=C/C(O)=C\c1ccccc1Cc1c(Cl)cc2c(N3CC4CCC(C3)N4)nc(OCCCN3C4CCC3CN(C(C)C)C4)nc2c1F. The van der Waals surface area contributed by atoms with Crippen LogP contribution >= 0.6 is 11.6 Å². The first-order valence-corrected chi connectivity index (χ1v) is 17.6. The average Bonchev–Trinajstić information content (AvgIpc) is 3.52. The number of aliphatic hydroxyl groups excluding tert-OH is 1. The summed E-state index contributed by atoms with van der Waals surface area (Å²) in [7, 11) is 0. The third-order valence-electron chi connectivity index (χ3n) is 10.6. The van der Waals surface area contributed by atoms with Crippen molar-refractivity contribution < 1.29 is 14.2 Å². The van der Waals surface area contributed by atoms with E-state index in [1.807, 2.05) is 30.3 Å². The molecule has 3 aromatic rings. The number of nitrogens with zero attached hydrogens (tertiary/aromatic N) is 5. The Balaban J connectivity index is 1.16. The Labute approximate surface area is 282 Å². The zero-order valence-electron chi connectivity index (χ0n) is 27.5. The highest BCUT2D eigenvalue weighted by atomic mass is 35.5. The van der Waals surface area contributed by atoms with Gasteiger partial charge in [0, 0.05) is 85.3 Å². The molecule has 8 nitrogen and oxygen atoms in total. The molecule has 4 fully saturated rings. The molecule has 2 aromatic carbocycles. The number of ether oxygens (including phenoxy) is 1. The van der Waals surface area contributed by atoms with Crippen LogP contribution in [0, 0.1) is 5.82 Å². The van der Waals surface area contributed by atoms with Gasteiger partial charge in [-0.1, -0.05) is 42.4 Å². The van der Waals surface area contributed by atoms with Crippen LogP contribution in [0.1, 0.15) is 62.6 Å². The second kappa shape index (κ2) is 13.7. The second-order valence-corrected chi connectivity index (χ2v) is 14.3. The average molecular weight is 661 g/mol. The summed E-state index contributed by atoms with van der Waals surface area (Å²) in [5.74, 6) is 0.250. The van der Waals surface area contributed by atoms with Gasteiger partial charge in [-0.3, -0.25) is 9.80 Å². The van der Waals surface area contributed by atoms with E-state index in [4.69, 9.17) is 21.3 Å². The molecule has 0 saturated carbocycles. The maximum Gasteiger partial charge on any atom is 0.319 e. The van der Waals surface area contributed by atoms with Crippen molar-refractivity contribution in [2.75, 3.05) is 44.2 Å². The second-order valence-electron chi connectivity index (χ2n) is 13.9. The van der Waals surface area contributed by atoms with Gasteiger partial charge in [0.25, 0.3) is 0 Å². The number of fused-ring (bicyclic) bond motifs is 5. The minimum absolute atomic E-state index is 0.0390. The Hall–Kier alpha value is -3.24. The summed E-state index contributed by atoms with van der Waals surface area (Å²) in [6.45, 7) is 13.5. The van der Waals surface area contributed by atoms with Crippen molar-refractivity contribution in [3.05, 3.63) is 76.3 Å². The zero-order valence-corrected chi connectivity index (χ0v) is 28.2. The first-order valence-electron chi connectivity index (χ1n) is 17.2. The predicted octanol–water partition coefficient (Wildman–Crippen LogP) is 6.36. The van der Waals surface area contributed by atoms with Crippen LogP contribution in [0.3, 0.4) is 0 Å². The molecule has 5 heterocycles. The standard InChI is InChI=1S/C37H46ClFN6O2/c1-4-30(46)16-24-8-5-6-9-25(24)17-31-33(38)18-32-35(34(31)39)41-37(42-36(32)44-19-26-10-11-27(20-44)40-26)47-15-7-14-45-28-12-13-29(45)22-43(21-28)23(2)3/h4-6,8-9,16,18,23,26-29,40,46H,1,7,10-15,17,19-22H2,2-3H3/b30-16+. The van der Waals surface area contributed by atoms with Crippen LogP contribution in [0.4, 0.5) is 10.2 Å². The summed E-state index contributed by atoms with van der Waals surface area (Å²) in [5, 5.41) is 14.7. The minimum atomic E-state index is -0.467. The summed E-state index contributed by atoms with van der Waals surface area (Å²) >= 11 is 6.85. The Bertz CT molecular complexity index is 1640. The highest BCUT2D eigenvalue weighted by Crippen LogP contribution is 2.37. The van der Waals surface area contributed by atoms with E-state index in [0.717, 1.165) is 63.1 Å². The molecule has 4 aliphatic rings. The van der Waals surface area contributed by atoms with E-state index in [1.54, 1.807) is 6.08 Å². The van der Waals surface area contributed by atoms with Gasteiger partial charge >= 0.3 is 6.01 Å². The molecule has 10 heteroatoms. The number of aliphatic hydroxyl groups is 1. The lowest BCUT2D eigenvalue weighted by Gasteiger charge is -2.42. The van der Waals surface area contributed by atoms with Crippen molar-refractivity contribution in [2.45, 2.75) is 82.6 Å². The van der Waals surface area contributed by atoms with Crippen LogP contribution in [-0.4, -0.2) is 94.4 Å². The maximum absolute atomic E-state index is 16.6. The lowest BCUT2D eigenvalue weighted by atomic mass is 9.97. The van der Waals surface area contributed by atoms with Crippen molar-refractivity contribution in [3.63, 3.8) is 0 Å². The minimum Gasteiger partial charge on any atom is -0.508 e.